The lowest BCUT2D eigenvalue weighted by Gasteiger charge is -2.35. The fourth-order valence-electron chi connectivity index (χ4n) is 2.91. The Morgan fingerprint density at radius 3 is 2.65 bits per heavy atom. The van der Waals surface area contributed by atoms with E-state index in [1.165, 1.54) is 70.5 Å². The predicted octanol–water partition coefficient (Wildman–Crippen LogP) is 2.74. The van der Waals surface area contributed by atoms with Crippen LogP contribution in [0.1, 0.15) is 45.4 Å². The zero-order valence-electron chi connectivity index (χ0n) is 11.3. The molecule has 0 aromatic heterocycles. The van der Waals surface area contributed by atoms with Crippen molar-refractivity contribution in [3.05, 3.63) is 0 Å². The molecule has 2 saturated heterocycles. The van der Waals surface area contributed by atoms with E-state index in [4.69, 9.17) is 0 Å². The summed E-state index contributed by atoms with van der Waals surface area (Å²) < 4.78 is 0. The molecule has 2 aliphatic heterocycles. The van der Waals surface area contributed by atoms with Gasteiger partial charge in [0.1, 0.15) is 0 Å². The molecule has 0 radical (unpaired) electrons. The first-order valence-electron chi connectivity index (χ1n) is 7.46. The highest BCUT2D eigenvalue weighted by atomic mass is 32.2. The molecule has 1 N–H and O–H groups in total. The molecule has 2 rings (SSSR count). The lowest BCUT2D eigenvalue weighted by atomic mass is 10.0. The highest BCUT2D eigenvalue weighted by Gasteiger charge is 2.22. The molecule has 2 heterocycles. The van der Waals surface area contributed by atoms with E-state index < -0.39 is 0 Å². The smallest absolute Gasteiger partial charge is 0.0175 e. The summed E-state index contributed by atoms with van der Waals surface area (Å²) in [6, 6.07) is 0.796. The van der Waals surface area contributed by atoms with Crippen LogP contribution < -0.4 is 5.32 Å². The maximum Gasteiger partial charge on any atom is 0.0175 e. The molecule has 2 aliphatic rings. The van der Waals surface area contributed by atoms with Crippen LogP contribution in [0.4, 0.5) is 0 Å². The quantitative estimate of drug-likeness (QED) is 0.814. The summed E-state index contributed by atoms with van der Waals surface area (Å²) in [7, 11) is 0. The van der Waals surface area contributed by atoms with E-state index in [1.807, 2.05) is 0 Å². The minimum absolute atomic E-state index is 0.796. The van der Waals surface area contributed by atoms with Gasteiger partial charge in [0.2, 0.25) is 0 Å². The lowest BCUT2D eigenvalue weighted by Crippen LogP contribution is -2.44. The molecule has 0 amide bonds. The number of piperidine rings is 1. The topological polar surface area (TPSA) is 15.3 Å². The van der Waals surface area contributed by atoms with Crippen LogP contribution in [0.2, 0.25) is 0 Å². The van der Waals surface area contributed by atoms with Gasteiger partial charge in [-0.2, -0.15) is 11.8 Å². The summed E-state index contributed by atoms with van der Waals surface area (Å²) in [6.07, 6.45) is 8.35. The van der Waals surface area contributed by atoms with E-state index in [1.54, 1.807) is 0 Å². The number of hydrogen-bond donors (Lipinski definition) is 1. The minimum atomic E-state index is 0.796. The molecule has 2 nitrogen and oxygen atoms in total. The molecule has 2 fully saturated rings. The number of likely N-dealkylation sites (tertiary alicyclic amines) is 1. The summed E-state index contributed by atoms with van der Waals surface area (Å²) in [4.78, 5) is 2.70. The Morgan fingerprint density at radius 1 is 1.18 bits per heavy atom. The Morgan fingerprint density at radius 2 is 2.00 bits per heavy atom. The minimum Gasteiger partial charge on any atom is -0.314 e. The van der Waals surface area contributed by atoms with Gasteiger partial charge in [-0.1, -0.05) is 13.3 Å². The van der Waals surface area contributed by atoms with E-state index in [0.29, 0.717) is 0 Å². The Labute approximate surface area is 111 Å². The van der Waals surface area contributed by atoms with E-state index in [2.05, 4.69) is 28.9 Å². The molecule has 0 aliphatic carbocycles. The predicted molar refractivity (Wildman–Crippen MR) is 77.9 cm³/mol. The molecule has 0 bridgehead atoms. The highest BCUT2D eigenvalue weighted by molar-refractivity contribution is 7.99. The van der Waals surface area contributed by atoms with Crippen LogP contribution in [0, 0.1) is 0 Å². The van der Waals surface area contributed by atoms with Crippen LogP contribution in [-0.2, 0) is 0 Å². The van der Waals surface area contributed by atoms with Crippen molar-refractivity contribution >= 4 is 11.8 Å². The lowest BCUT2D eigenvalue weighted by molar-refractivity contribution is 0.196. The Hall–Kier alpha value is 0.270. The van der Waals surface area contributed by atoms with Crippen molar-refractivity contribution < 1.29 is 0 Å². The molecule has 0 aromatic rings. The van der Waals surface area contributed by atoms with Crippen LogP contribution in [0.5, 0.6) is 0 Å². The first kappa shape index (κ1) is 13.7. The molecule has 0 aromatic carbocycles. The summed E-state index contributed by atoms with van der Waals surface area (Å²) in [5.41, 5.74) is 0. The third-order valence-corrected chi connectivity index (χ3v) is 5.39. The van der Waals surface area contributed by atoms with Gasteiger partial charge in [-0.3, -0.25) is 0 Å². The normalized spacial score (nSPS) is 28.4. The number of nitrogens with zero attached hydrogens (tertiary/aromatic N) is 1. The van der Waals surface area contributed by atoms with Gasteiger partial charge < -0.3 is 10.2 Å². The molecule has 17 heavy (non-hydrogen) atoms. The van der Waals surface area contributed by atoms with Crippen molar-refractivity contribution in [2.75, 3.05) is 31.9 Å². The van der Waals surface area contributed by atoms with E-state index in [0.717, 1.165) is 11.3 Å². The maximum atomic E-state index is 3.66. The maximum absolute atomic E-state index is 3.66. The number of rotatable bonds is 5. The van der Waals surface area contributed by atoms with Crippen LogP contribution in [0.3, 0.4) is 0 Å². The second-order valence-corrected chi connectivity index (χ2v) is 6.93. The SMILES string of the molecule is CCCNC1CCN(CC2CCCCS2)CC1. The van der Waals surface area contributed by atoms with Gasteiger partial charge in [0.15, 0.2) is 0 Å². The van der Waals surface area contributed by atoms with Gasteiger partial charge in [0.05, 0.1) is 0 Å². The van der Waals surface area contributed by atoms with Crippen LogP contribution >= 0.6 is 11.8 Å². The summed E-state index contributed by atoms with van der Waals surface area (Å²) in [5, 5.41) is 4.60. The number of thioether (sulfide) groups is 1. The Bertz CT molecular complexity index is 196. The standard InChI is InChI=1S/C14H28N2S/c1-2-8-15-13-6-9-16(10-7-13)12-14-5-3-4-11-17-14/h13-15H,2-12H2,1H3. The van der Waals surface area contributed by atoms with E-state index in [9.17, 15) is 0 Å². The molecule has 1 atom stereocenters. The zero-order valence-corrected chi connectivity index (χ0v) is 12.1. The fourth-order valence-corrected chi connectivity index (χ4v) is 4.26. The average molecular weight is 256 g/mol. The van der Waals surface area contributed by atoms with Crippen molar-refractivity contribution in [3.63, 3.8) is 0 Å². The summed E-state index contributed by atoms with van der Waals surface area (Å²) in [5.74, 6) is 1.40. The second kappa shape index (κ2) is 7.65. The summed E-state index contributed by atoms with van der Waals surface area (Å²) in [6.45, 7) is 7.44. The first-order chi connectivity index (χ1) is 8.38. The second-order valence-electron chi connectivity index (χ2n) is 5.52. The zero-order chi connectivity index (χ0) is 11.9. The largest absolute Gasteiger partial charge is 0.314 e. The molecule has 100 valence electrons. The van der Waals surface area contributed by atoms with Gasteiger partial charge in [-0.15, -0.1) is 0 Å². The number of nitrogens with one attached hydrogen (secondary N) is 1. The molecular weight excluding hydrogens is 228 g/mol. The molecular formula is C14H28N2S. The van der Waals surface area contributed by atoms with Crippen molar-refractivity contribution in [3.8, 4) is 0 Å². The van der Waals surface area contributed by atoms with Crippen LogP contribution in [0.15, 0.2) is 0 Å². The Kier molecular flexibility index (Phi) is 6.16. The van der Waals surface area contributed by atoms with Gasteiger partial charge >= 0.3 is 0 Å². The van der Waals surface area contributed by atoms with E-state index in [-0.39, 0.29) is 0 Å². The van der Waals surface area contributed by atoms with Gasteiger partial charge in [-0.05, 0) is 57.5 Å². The molecule has 3 heteroatoms. The Balaban J connectivity index is 1.61. The van der Waals surface area contributed by atoms with Crippen molar-refractivity contribution in [1.82, 2.24) is 10.2 Å². The number of hydrogen-bond acceptors (Lipinski definition) is 3. The van der Waals surface area contributed by atoms with Crippen molar-refractivity contribution in [2.24, 2.45) is 0 Å². The monoisotopic (exact) mass is 256 g/mol. The first-order valence-corrected chi connectivity index (χ1v) is 8.50. The van der Waals surface area contributed by atoms with Crippen LogP contribution in [0.25, 0.3) is 0 Å². The third kappa shape index (κ3) is 4.80. The van der Waals surface area contributed by atoms with Crippen molar-refractivity contribution in [2.45, 2.75) is 56.7 Å². The van der Waals surface area contributed by atoms with Gasteiger partial charge in [0, 0.05) is 17.8 Å². The average Bonchev–Trinajstić information content (AvgIpc) is 2.39. The molecule has 1 unspecified atom stereocenters. The third-order valence-electron chi connectivity index (χ3n) is 4.01. The highest BCUT2D eigenvalue weighted by Crippen LogP contribution is 2.26. The van der Waals surface area contributed by atoms with E-state index >= 15 is 0 Å². The van der Waals surface area contributed by atoms with Crippen molar-refractivity contribution in [1.29, 1.82) is 0 Å². The van der Waals surface area contributed by atoms with Gasteiger partial charge in [0.25, 0.3) is 0 Å². The molecule has 0 spiro atoms. The van der Waals surface area contributed by atoms with Gasteiger partial charge in [-0.25, -0.2) is 0 Å². The summed E-state index contributed by atoms with van der Waals surface area (Å²) >= 11 is 2.21. The fraction of sp³-hybridized carbons (Fsp3) is 1.00. The van der Waals surface area contributed by atoms with Crippen LogP contribution in [-0.4, -0.2) is 48.1 Å². The molecule has 0 saturated carbocycles.